The molecule has 1 rings (SSSR count). The quantitative estimate of drug-likeness (QED) is 0.602. The number of hydrogen-bond acceptors (Lipinski definition) is 5. The molecule has 1 aromatic carbocycles. The monoisotopic (exact) mass is 345 g/mol. The van der Waals surface area contributed by atoms with Gasteiger partial charge in [-0.15, -0.1) is 0 Å². The largest absolute Gasteiger partial charge is 0.493 e. The Labute approximate surface area is 136 Å². The van der Waals surface area contributed by atoms with Gasteiger partial charge in [0, 0.05) is 27.2 Å². The highest BCUT2D eigenvalue weighted by Crippen LogP contribution is 2.27. The van der Waals surface area contributed by atoms with Crippen LogP contribution in [0.5, 0.6) is 11.5 Å². The zero-order chi connectivity index (χ0) is 17.5. The van der Waals surface area contributed by atoms with Crippen LogP contribution in [0.3, 0.4) is 0 Å². The highest BCUT2D eigenvalue weighted by atomic mass is 32.2. The molecule has 0 saturated carbocycles. The van der Waals surface area contributed by atoms with Crippen LogP contribution < -0.4 is 19.5 Å². The molecule has 0 radical (unpaired) electrons. The number of carbonyl (C=O) groups is 1. The summed E-state index contributed by atoms with van der Waals surface area (Å²) in [6, 6.07) is 5.23. The zero-order valence-electron chi connectivity index (χ0n) is 13.8. The van der Waals surface area contributed by atoms with Crippen LogP contribution in [0.1, 0.15) is 5.56 Å². The van der Waals surface area contributed by atoms with E-state index in [4.69, 9.17) is 9.47 Å². The minimum Gasteiger partial charge on any atom is -0.493 e. The molecule has 8 nitrogen and oxygen atoms in total. The number of nitrogens with zero attached hydrogens (tertiary/aromatic N) is 1. The van der Waals surface area contributed by atoms with Gasteiger partial charge in [0.25, 0.3) is 10.2 Å². The second-order valence-corrected chi connectivity index (χ2v) is 6.87. The number of nitrogens with one attached hydrogen (secondary N) is 2. The lowest BCUT2D eigenvalue weighted by atomic mass is 10.1. The van der Waals surface area contributed by atoms with Crippen LogP contribution in [-0.4, -0.2) is 60.0 Å². The first-order chi connectivity index (χ1) is 10.8. The van der Waals surface area contributed by atoms with E-state index in [1.165, 1.54) is 21.2 Å². The molecule has 23 heavy (non-hydrogen) atoms. The maximum absolute atomic E-state index is 11.9. The van der Waals surface area contributed by atoms with E-state index in [-0.39, 0.29) is 25.4 Å². The number of methoxy groups -OCH3 is 2. The maximum Gasteiger partial charge on any atom is 0.278 e. The third kappa shape index (κ3) is 6.05. The van der Waals surface area contributed by atoms with Gasteiger partial charge in [0.05, 0.1) is 20.6 Å². The van der Waals surface area contributed by atoms with Crippen molar-refractivity contribution in [2.24, 2.45) is 0 Å². The fourth-order valence-corrected chi connectivity index (χ4v) is 2.37. The first-order valence-electron chi connectivity index (χ1n) is 6.95. The summed E-state index contributed by atoms with van der Waals surface area (Å²) in [5.74, 6) is 0.938. The van der Waals surface area contributed by atoms with Crippen LogP contribution in [0.15, 0.2) is 18.2 Å². The molecule has 0 aliphatic heterocycles. The lowest BCUT2D eigenvalue weighted by Crippen LogP contribution is -2.40. The Morgan fingerprint density at radius 1 is 1.13 bits per heavy atom. The molecule has 0 spiro atoms. The van der Waals surface area contributed by atoms with Crippen LogP contribution in [0.4, 0.5) is 0 Å². The van der Waals surface area contributed by atoms with Crippen molar-refractivity contribution in [3.8, 4) is 11.5 Å². The zero-order valence-corrected chi connectivity index (χ0v) is 14.6. The van der Waals surface area contributed by atoms with E-state index >= 15 is 0 Å². The molecule has 130 valence electrons. The second-order valence-electron chi connectivity index (χ2n) is 4.90. The number of ether oxygens (including phenoxy) is 2. The summed E-state index contributed by atoms with van der Waals surface area (Å²) in [4.78, 5) is 11.9. The molecule has 0 atom stereocenters. The van der Waals surface area contributed by atoms with Crippen molar-refractivity contribution in [3.63, 3.8) is 0 Å². The van der Waals surface area contributed by atoms with Gasteiger partial charge >= 0.3 is 0 Å². The van der Waals surface area contributed by atoms with Gasteiger partial charge in [0.1, 0.15) is 0 Å². The summed E-state index contributed by atoms with van der Waals surface area (Å²) in [6.07, 6.45) is 0.167. The van der Waals surface area contributed by atoms with Crippen molar-refractivity contribution in [2.45, 2.75) is 6.42 Å². The summed E-state index contributed by atoms with van der Waals surface area (Å²) in [6.45, 7) is 0.331. The average molecular weight is 345 g/mol. The summed E-state index contributed by atoms with van der Waals surface area (Å²) >= 11 is 0. The third-order valence-corrected chi connectivity index (χ3v) is 4.56. The molecule has 1 amide bonds. The molecule has 0 fully saturated rings. The molecule has 0 aliphatic rings. The topological polar surface area (TPSA) is 97.0 Å². The molecule has 0 unspecified atom stereocenters. The summed E-state index contributed by atoms with van der Waals surface area (Å²) in [7, 11) is 2.45. The summed E-state index contributed by atoms with van der Waals surface area (Å²) < 4.78 is 36.7. The Morgan fingerprint density at radius 3 is 2.35 bits per heavy atom. The molecule has 0 bridgehead atoms. The highest BCUT2D eigenvalue weighted by Gasteiger charge is 2.12. The Bertz CT molecular complexity index is 631. The average Bonchev–Trinajstić information content (AvgIpc) is 2.51. The van der Waals surface area contributed by atoms with Gasteiger partial charge in [-0.05, 0) is 17.7 Å². The summed E-state index contributed by atoms with van der Waals surface area (Å²) in [5.41, 5.74) is 0.772. The van der Waals surface area contributed by atoms with Gasteiger partial charge in [0.15, 0.2) is 11.5 Å². The SMILES string of the molecule is COc1ccc(CC(=O)NCCNS(=O)(=O)N(C)C)cc1OC. The van der Waals surface area contributed by atoms with E-state index in [9.17, 15) is 13.2 Å². The fraction of sp³-hybridized carbons (Fsp3) is 0.500. The number of rotatable bonds is 9. The fourth-order valence-electron chi connectivity index (χ4n) is 1.75. The van der Waals surface area contributed by atoms with Crippen molar-refractivity contribution in [2.75, 3.05) is 41.4 Å². The molecule has 2 N–H and O–H groups in total. The Hall–Kier alpha value is -1.84. The minimum absolute atomic E-state index is 0.123. The van der Waals surface area contributed by atoms with E-state index < -0.39 is 10.2 Å². The second kappa shape index (κ2) is 8.70. The van der Waals surface area contributed by atoms with E-state index in [0.29, 0.717) is 11.5 Å². The third-order valence-electron chi connectivity index (χ3n) is 3.02. The highest BCUT2D eigenvalue weighted by molar-refractivity contribution is 7.87. The molecule has 0 aromatic heterocycles. The van der Waals surface area contributed by atoms with Gasteiger partial charge in [0.2, 0.25) is 5.91 Å². The molecule has 0 aliphatic carbocycles. The first-order valence-corrected chi connectivity index (χ1v) is 8.39. The Morgan fingerprint density at radius 2 is 1.78 bits per heavy atom. The van der Waals surface area contributed by atoms with Crippen LogP contribution in [0, 0.1) is 0 Å². The lowest BCUT2D eigenvalue weighted by Gasteiger charge is -2.13. The van der Waals surface area contributed by atoms with Crippen molar-refractivity contribution in [3.05, 3.63) is 23.8 Å². The number of benzene rings is 1. The van der Waals surface area contributed by atoms with Crippen LogP contribution in [0.2, 0.25) is 0 Å². The summed E-state index contributed by atoms with van der Waals surface area (Å²) in [5, 5.41) is 2.65. The Kier molecular flexibility index (Phi) is 7.27. The molecule has 0 heterocycles. The lowest BCUT2D eigenvalue weighted by molar-refractivity contribution is -0.120. The normalized spacial score (nSPS) is 11.3. The van der Waals surface area contributed by atoms with E-state index in [2.05, 4.69) is 10.0 Å². The molecule has 9 heteroatoms. The van der Waals surface area contributed by atoms with E-state index in [1.54, 1.807) is 25.3 Å². The van der Waals surface area contributed by atoms with Crippen molar-refractivity contribution < 1.29 is 22.7 Å². The Balaban J connectivity index is 2.46. The van der Waals surface area contributed by atoms with Gasteiger partial charge in [-0.25, -0.2) is 4.72 Å². The number of carbonyl (C=O) groups excluding carboxylic acids is 1. The van der Waals surface area contributed by atoms with Gasteiger partial charge < -0.3 is 14.8 Å². The van der Waals surface area contributed by atoms with Crippen molar-refractivity contribution in [1.29, 1.82) is 0 Å². The molecule has 0 saturated heterocycles. The molecular formula is C14H23N3O5S. The molecule has 1 aromatic rings. The van der Waals surface area contributed by atoms with Gasteiger partial charge in [-0.1, -0.05) is 6.07 Å². The van der Waals surface area contributed by atoms with Crippen LogP contribution >= 0.6 is 0 Å². The standard InChI is InChI=1S/C14H23N3O5S/c1-17(2)23(19,20)16-8-7-15-14(18)10-11-5-6-12(21-3)13(9-11)22-4/h5-6,9,16H,7-8,10H2,1-4H3,(H,15,18). The van der Waals surface area contributed by atoms with Crippen LogP contribution in [0.25, 0.3) is 0 Å². The van der Waals surface area contributed by atoms with Crippen molar-refractivity contribution >= 4 is 16.1 Å². The number of hydrogen-bond donors (Lipinski definition) is 2. The van der Waals surface area contributed by atoms with Crippen LogP contribution in [-0.2, 0) is 21.4 Å². The first kappa shape index (κ1) is 19.2. The number of amides is 1. The van der Waals surface area contributed by atoms with E-state index in [0.717, 1.165) is 9.87 Å². The smallest absolute Gasteiger partial charge is 0.278 e. The maximum atomic E-state index is 11.9. The molecular weight excluding hydrogens is 322 g/mol. The van der Waals surface area contributed by atoms with Gasteiger partial charge in [-0.2, -0.15) is 12.7 Å². The van der Waals surface area contributed by atoms with Gasteiger partial charge in [-0.3, -0.25) is 4.79 Å². The minimum atomic E-state index is -3.47. The predicted molar refractivity (Wildman–Crippen MR) is 86.9 cm³/mol. The predicted octanol–water partition coefficient (Wildman–Crippen LogP) is -0.241. The van der Waals surface area contributed by atoms with E-state index in [1.807, 2.05) is 0 Å². The van der Waals surface area contributed by atoms with Crippen molar-refractivity contribution in [1.82, 2.24) is 14.3 Å².